The molecule has 2 aliphatic rings. The largest absolute Gasteiger partial charge is 0.380 e. The zero-order chi connectivity index (χ0) is 12.1. The molecule has 2 rings (SSSR count). The molecular formula is C13H26N2O2. The van der Waals surface area contributed by atoms with Gasteiger partial charge in [-0.15, -0.1) is 0 Å². The van der Waals surface area contributed by atoms with Crippen molar-refractivity contribution in [3.8, 4) is 0 Å². The van der Waals surface area contributed by atoms with Crippen LogP contribution in [0.1, 0.15) is 26.7 Å². The van der Waals surface area contributed by atoms with Gasteiger partial charge in [0.05, 0.1) is 25.4 Å². The highest BCUT2D eigenvalue weighted by Gasteiger charge is 2.35. The number of fused-ring (bicyclic) bond motifs is 1. The normalized spacial score (nSPS) is 31.4. The number of ether oxygens (including phenoxy) is 2. The summed E-state index contributed by atoms with van der Waals surface area (Å²) in [6.07, 6.45) is 2.93. The molecule has 4 heteroatoms. The molecule has 2 heterocycles. The van der Waals surface area contributed by atoms with Gasteiger partial charge in [0.15, 0.2) is 0 Å². The van der Waals surface area contributed by atoms with E-state index in [0.29, 0.717) is 12.1 Å². The molecule has 100 valence electrons. The minimum absolute atomic E-state index is 0.288. The number of nitrogens with one attached hydrogen (secondary N) is 1. The number of hydrogen-bond acceptors (Lipinski definition) is 4. The molecule has 0 aromatic carbocycles. The van der Waals surface area contributed by atoms with Gasteiger partial charge in [0.25, 0.3) is 0 Å². The molecule has 3 unspecified atom stereocenters. The number of likely N-dealkylation sites (N-methyl/N-ethyl adjacent to an activating group) is 1. The first-order chi connectivity index (χ1) is 8.35. The topological polar surface area (TPSA) is 33.7 Å². The quantitative estimate of drug-likeness (QED) is 0.749. The Bertz CT molecular complexity index is 225. The molecule has 2 saturated heterocycles. The first-order valence-electron chi connectivity index (χ1n) is 7.02. The minimum Gasteiger partial charge on any atom is -0.380 e. The van der Waals surface area contributed by atoms with Gasteiger partial charge in [-0.25, -0.2) is 0 Å². The van der Waals surface area contributed by atoms with Crippen molar-refractivity contribution in [3.05, 3.63) is 0 Å². The Hall–Kier alpha value is -0.160. The molecule has 0 aliphatic carbocycles. The number of nitrogens with zero attached hydrogens (tertiary/aromatic N) is 1. The van der Waals surface area contributed by atoms with Crippen molar-refractivity contribution in [2.24, 2.45) is 0 Å². The second-order valence-corrected chi connectivity index (χ2v) is 4.99. The lowest BCUT2D eigenvalue weighted by Gasteiger charge is -2.39. The van der Waals surface area contributed by atoms with Crippen LogP contribution in [0.3, 0.4) is 0 Å². The Labute approximate surface area is 105 Å². The van der Waals surface area contributed by atoms with Gasteiger partial charge in [0.1, 0.15) is 0 Å². The summed E-state index contributed by atoms with van der Waals surface area (Å²) in [6, 6.07) is 1.02. The highest BCUT2D eigenvalue weighted by atomic mass is 16.5. The Balaban J connectivity index is 1.85. The van der Waals surface area contributed by atoms with Crippen molar-refractivity contribution in [1.82, 2.24) is 10.2 Å². The van der Waals surface area contributed by atoms with E-state index in [9.17, 15) is 0 Å². The average molecular weight is 242 g/mol. The predicted molar refractivity (Wildman–Crippen MR) is 68.3 cm³/mol. The van der Waals surface area contributed by atoms with Crippen molar-refractivity contribution in [2.45, 2.75) is 44.9 Å². The summed E-state index contributed by atoms with van der Waals surface area (Å²) in [5.74, 6) is 0. The summed E-state index contributed by atoms with van der Waals surface area (Å²) in [6.45, 7) is 9.91. The first kappa shape index (κ1) is 13.3. The van der Waals surface area contributed by atoms with Crippen LogP contribution in [0.25, 0.3) is 0 Å². The third kappa shape index (κ3) is 3.41. The van der Waals surface area contributed by atoms with E-state index in [4.69, 9.17) is 9.47 Å². The van der Waals surface area contributed by atoms with Crippen molar-refractivity contribution >= 4 is 0 Å². The van der Waals surface area contributed by atoms with E-state index in [1.165, 1.54) is 19.4 Å². The molecule has 0 bridgehead atoms. The summed E-state index contributed by atoms with van der Waals surface area (Å²) in [4.78, 5) is 2.59. The fourth-order valence-corrected chi connectivity index (χ4v) is 2.89. The molecular weight excluding hydrogens is 216 g/mol. The van der Waals surface area contributed by atoms with Crippen LogP contribution in [-0.2, 0) is 9.47 Å². The number of morpholine rings is 1. The molecule has 0 amide bonds. The molecule has 0 radical (unpaired) electrons. The molecule has 1 N–H and O–H groups in total. The fraction of sp³-hybridized carbons (Fsp3) is 1.00. The van der Waals surface area contributed by atoms with Crippen LogP contribution >= 0.6 is 0 Å². The van der Waals surface area contributed by atoms with E-state index >= 15 is 0 Å². The van der Waals surface area contributed by atoms with Gasteiger partial charge in [-0.05, 0) is 32.9 Å². The second-order valence-electron chi connectivity index (χ2n) is 4.99. The van der Waals surface area contributed by atoms with Gasteiger partial charge in [0.2, 0.25) is 0 Å². The summed E-state index contributed by atoms with van der Waals surface area (Å²) < 4.78 is 11.6. The molecule has 0 aromatic rings. The maximum Gasteiger partial charge on any atom is 0.0878 e. The van der Waals surface area contributed by atoms with E-state index < -0.39 is 0 Å². The van der Waals surface area contributed by atoms with Crippen molar-refractivity contribution in [1.29, 1.82) is 0 Å². The number of rotatable bonds is 6. The minimum atomic E-state index is 0.288. The molecule has 0 aromatic heterocycles. The monoisotopic (exact) mass is 242 g/mol. The van der Waals surface area contributed by atoms with E-state index in [0.717, 1.165) is 32.9 Å². The van der Waals surface area contributed by atoms with Crippen molar-refractivity contribution < 1.29 is 9.47 Å². The van der Waals surface area contributed by atoms with Crippen LogP contribution in [0.4, 0.5) is 0 Å². The molecule has 0 spiro atoms. The van der Waals surface area contributed by atoms with Crippen LogP contribution in [0.5, 0.6) is 0 Å². The van der Waals surface area contributed by atoms with Gasteiger partial charge in [-0.1, -0.05) is 6.92 Å². The van der Waals surface area contributed by atoms with Crippen LogP contribution in [-0.4, -0.2) is 62.5 Å². The van der Waals surface area contributed by atoms with Crippen molar-refractivity contribution in [2.75, 3.05) is 39.5 Å². The Morgan fingerprint density at radius 1 is 1.47 bits per heavy atom. The molecule has 17 heavy (non-hydrogen) atoms. The first-order valence-corrected chi connectivity index (χ1v) is 7.02. The third-order valence-corrected chi connectivity index (χ3v) is 3.83. The average Bonchev–Trinajstić information content (AvgIpc) is 2.81. The van der Waals surface area contributed by atoms with E-state index in [1.807, 2.05) is 6.92 Å². The highest BCUT2D eigenvalue weighted by molar-refractivity contribution is 4.90. The third-order valence-electron chi connectivity index (χ3n) is 3.83. The fourth-order valence-electron chi connectivity index (χ4n) is 2.89. The Kier molecular flexibility index (Phi) is 5.22. The second kappa shape index (κ2) is 6.69. The summed E-state index contributed by atoms with van der Waals surface area (Å²) >= 11 is 0. The molecule has 2 fully saturated rings. The van der Waals surface area contributed by atoms with Gasteiger partial charge in [-0.2, -0.15) is 0 Å². The van der Waals surface area contributed by atoms with Gasteiger partial charge in [0, 0.05) is 19.2 Å². The zero-order valence-corrected chi connectivity index (χ0v) is 11.2. The standard InChI is InChI=1S/C13H26N2O2/c1-3-14-12(10-16-4-2)13-8-15-7-5-6-11(15)9-17-13/h11-14H,3-10H2,1-2H3. The van der Waals surface area contributed by atoms with E-state index in [1.54, 1.807) is 0 Å². The van der Waals surface area contributed by atoms with E-state index in [2.05, 4.69) is 17.1 Å². The Morgan fingerprint density at radius 2 is 2.35 bits per heavy atom. The van der Waals surface area contributed by atoms with Crippen molar-refractivity contribution in [3.63, 3.8) is 0 Å². The maximum atomic E-state index is 6.02. The van der Waals surface area contributed by atoms with Crippen LogP contribution in [0.15, 0.2) is 0 Å². The summed E-state index contributed by atoms with van der Waals surface area (Å²) in [5, 5.41) is 3.49. The summed E-state index contributed by atoms with van der Waals surface area (Å²) in [7, 11) is 0. The van der Waals surface area contributed by atoms with E-state index in [-0.39, 0.29) is 6.10 Å². The lowest BCUT2D eigenvalue weighted by atomic mass is 10.1. The van der Waals surface area contributed by atoms with Crippen LogP contribution in [0.2, 0.25) is 0 Å². The number of hydrogen-bond donors (Lipinski definition) is 1. The zero-order valence-electron chi connectivity index (χ0n) is 11.2. The smallest absolute Gasteiger partial charge is 0.0878 e. The van der Waals surface area contributed by atoms with Crippen LogP contribution in [0, 0.1) is 0 Å². The lowest BCUT2D eigenvalue weighted by molar-refractivity contribution is -0.0761. The maximum absolute atomic E-state index is 6.02. The summed E-state index contributed by atoms with van der Waals surface area (Å²) in [5.41, 5.74) is 0. The van der Waals surface area contributed by atoms with Gasteiger partial charge in [-0.3, -0.25) is 4.90 Å². The predicted octanol–water partition coefficient (Wildman–Crippen LogP) is 0.864. The van der Waals surface area contributed by atoms with Gasteiger partial charge < -0.3 is 14.8 Å². The van der Waals surface area contributed by atoms with Crippen LogP contribution < -0.4 is 5.32 Å². The SMILES string of the molecule is CCNC(COCC)C1CN2CCCC2CO1. The lowest BCUT2D eigenvalue weighted by Crippen LogP contribution is -2.55. The molecule has 2 aliphatic heterocycles. The molecule has 4 nitrogen and oxygen atoms in total. The van der Waals surface area contributed by atoms with Gasteiger partial charge >= 0.3 is 0 Å². The molecule has 0 saturated carbocycles. The Morgan fingerprint density at radius 3 is 3.12 bits per heavy atom. The molecule has 3 atom stereocenters. The highest BCUT2D eigenvalue weighted by Crippen LogP contribution is 2.23.